The molecule has 142 valence electrons. The van der Waals surface area contributed by atoms with Crippen LogP contribution in [-0.4, -0.2) is 21.5 Å². The Morgan fingerprint density at radius 2 is 2.04 bits per heavy atom. The molecular weight excluding hydrogens is 342 g/mol. The van der Waals surface area contributed by atoms with Gasteiger partial charge in [-0.1, -0.05) is 18.2 Å². The van der Waals surface area contributed by atoms with E-state index in [1.807, 2.05) is 24.3 Å². The van der Waals surface area contributed by atoms with Crippen LogP contribution in [0.15, 0.2) is 29.1 Å². The lowest BCUT2D eigenvalue weighted by molar-refractivity contribution is -0.121. The molecule has 1 saturated carbocycles. The molecule has 1 fully saturated rings. The fourth-order valence-corrected chi connectivity index (χ4v) is 4.44. The Kier molecular flexibility index (Phi) is 4.50. The highest BCUT2D eigenvalue weighted by Gasteiger charge is 2.43. The molecule has 1 aliphatic heterocycles. The highest BCUT2D eigenvalue weighted by atomic mass is 16.5. The highest BCUT2D eigenvalue weighted by molar-refractivity contribution is 5.79. The van der Waals surface area contributed by atoms with Gasteiger partial charge in [0.15, 0.2) is 0 Å². The van der Waals surface area contributed by atoms with Gasteiger partial charge in [0.25, 0.3) is 5.56 Å². The zero-order valence-electron chi connectivity index (χ0n) is 15.8. The Balaban J connectivity index is 1.56. The fraction of sp³-hybridized carbons (Fsp3) is 0.476. The lowest BCUT2D eigenvalue weighted by Crippen LogP contribution is -2.44. The van der Waals surface area contributed by atoms with E-state index < -0.39 is 0 Å². The van der Waals surface area contributed by atoms with Crippen molar-refractivity contribution >= 4 is 5.91 Å². The minimum Gasteiger partial charge on any atom is -0.487 e. The molecule has 0 radical (unpaired) electrons. The van der Waals surface area contributed by atoms with E-state index in [4.69, 9.17) is 4.74 Å². The number of rotatable bonds is 3. The number of ether oxygens (including phenoxy) is 1. The number of aromatic amines is 1. The number of hydrogen-bond acceptors (Lipinski definition) is 4. The van der Waals surface area contributed by atoms with E-state index >= 15 is 0 Å². The average Bonchev–Trinajstić information content (AvgIpc) is 3.05. The van der Waals surface area contributed by atoms with Crippen LogP contribution in [0.25, 0.3) is 0 Å². The van der Waals surface area contributed by atoms with Crippen molar-refractivity contribution in [2.75, 3.05) is 0 Å². The van der Waals surface area contributed by atoms with E-state index in [2.05, 4.69) is 15.3 Å². The molecule has 2 N–H and O–H groups in total. The molecule has 0 unspecified atom stereocenters. The third-order valence-corrected chi connectivity index (χ3v) is 5.73. The number of benzene rings is 1. The standard InChI is InChI=1S/C21H25N3O3/c1-13-16(20(26)23-14(2)22-13)11-19(25)24-17-12-21(9-5-6-10-21)27-18-8-4-3-7-15(17)18/h3-4,7-8,17H,5-6,9-12H2,1-2H3,(H,24,25)(H,22,23,26)/t17-/m1/s1. The van der Waals surface area contributed by atoms with Crippen molar-refractivity contribution in [2.24, 2.45) is 0 Å². The summed E-state index contributed by atoms with van der Waals surface area (Å²) < 4.78 is 6.35. The zero-order chi connectivity index (χ0) is 19.0. The summed E-state index contributed by atoms with van der Waals surface area (Å²) in [6, 6.07) is 7.82. The first-order valence-electron chi connectivity index (χ1n) is 9.59. The molecule has 1 aromatic heterocycles. The number of hydrogen-bond donors (Lipinski definition) is 2. The van der Waals surface area contributed by atoms with Gasteiger partial charge in [-0.3, -0.25) is 9.59 Å². The van der Waals surface area contributed by atoms with Crippen molar-refractivity contribution in [3.63, 3.8) is 0 Å². The Morgan fingerprint density at radius 1 is 1.30 bits per heavy atom. The van der Waals surface area contributed by atoms with E-state index in [0.717, 1.165) is 43.4 Å². The molecule has 0 saturated heterocycles. The van der Waals surface area contributed by atoms with Gasteiger partial charge in [0.1, 0.15) is 17.2 Å². The van der Waals surface area contributed by atoms with Crippen LogP contribution in [0, 0.1) is 13.8 Å². The second kappa shape index (κ2) is 6.83. The molecule has 2 heterocycles. The molecule has 2 aromatic rings. The van der Waals surface area contributed by atoms with Crippen molar-refractivity contribution in [2.45, 2.75) is 64.0 Å². The zero-order valence-corrected chi connectivity index (χ0v) is 15.8. The van der Waals surface area contributed by atoms with E-state index in [9.17, 15) is 9.59 Å². The van der Waals surface area contributed by atoms with Gasteiger partial charge in [-0.2, -0.15) is 0 Å². The Bertz CT molecular complexity index is 929. The summed E-state index contributed by atoms with van der Waals surface area (Å²) in [6.07, 6.45) is 5.17. The van der Waals surface area contributed by atoms with Crippen molar-refractivity contribution in [3.8, 4) is 5.75 Å². The predicted octanol–water partition coefficient (Wildman–Crippen LogP) is 2.88. The first-order chi connectivity index (χ1) is 13.0. The third-order valence-electron chi connectivity index (χ3n) is 5.73. The van der Waals surface area contributed by atoms with Crippen LogP contribution in [0.5, 0.6) is 5.75 Å². The monoisotopic (exact) mass is 367 g/mol. The maximum Gasteiger partial charge on any atom is 0.254 e. The van der Waals surface area contributed by atoms with Gasteiger partial charge in [-0.05, 0) is 45.6 Å². The summed E-state index contributed by atoms with van der Waals surface area (Å²) in [5.74, 6) is 1.26. The maximum absolute atomic E-state index is 12.8. The van der Waals surface area contributed by atoms with Crippen LogP contribution in [0.2, 0.25) is 0 Å². The number of aryl methyl sites for hydroxylation is 2. The summed E-state index contributed by atoms with van der Waals surface area (Å²) in [5, 5.41) is 3.14. The van der Waals surface area contributed by atoms with Crippen molar-refractivity contribution < 1.29 is 9.53 Å². The lowest BCUT2D eigenvalue weighted by atomic mass is 9.86. The van der Waals surface area contributed by atoms with Crippen molar-refractivity contribution in [1.29, 1.82) is 0 Å². The van der Waals surface area contributed by atoms with Crippen LogP contribution in [0.1, 0.15) is 60.8 Å². The minimum absolute atomic E-state index is 0.0287. The Labute approximate surface area is 158 Å². The maximum atomic E-state index is 12.8. The smallest absolute Gasteiger partial charge is 0.254 e. The van der Waals surface area contributed by atoms with E-state index in [1.54, 1.807) is 13.8 Å². The first-order valence-corrected chi connectivity index (χ1v) is 9.59. The number of nitrogens with zero attached hydrogens (tertiary/aromatic N) is 1. The van der Waals surface area contributed by atoms with Crippen LogP contribution < -0.4 is 15.6 Å². The average molecular weight is 367 g/mol. The number of fused-ring (bicyclic) bond motifs is 1. The predicted molar refractivity (Wildman–Crippen MR) is 102 cm³/mol. The van der Waals surface area contributed by atoms with Gasteiger partial charge >= 0.3 is 0 Å². The Morgan fingerprint density at radius 3 is 2.78 bits per heavy atom. The molecular formula is C21H25N3O3. The van der Waals surface area contributed by atoms with Gasteiger partial charge in [0.05, 0.1) is 12.5 Å². The highest BCUT2D eigenvalue weighted by Crippen LogP contribution is 2.46. The van der Waals surface area contributed by atoms with E-state index in [1.165, 1.54) is 0 Å². The molecule has 2 aliphatic rings. The van der Waals surface area contributed by atoms with Crippen LogP contribution in [0.4, 0.5) is 0 Å². The number of H-pyrrole nitrogens is 1. The fourth-order valence-electron chi connectivity index (χ4n) is 4.44. The number of amides is 1. The van der Waals surface area contributed by atoms with Crippen LogP contribution >= 0.6 is 0 Å². The molecule has 6 nitrogen and oxygen atoms in total. The molecule has 0 bridgehead atoms. The normalized spacial score (nSPS) is 20.1. The molecule has 1 spiro atoms. The number of carbonyl (C=O) groups excluding carboxylic acids is 1. The number of nitrogens with one attached hydrogen (secondary N) is 2. The van der Waals surface area contributed by atoms with Gasteiger partial charge in [0.2, 0.25) is 5.91 Å². The molecule has 1 aromatic carbocycles. The van der Waals surface area contributed by atoms with Gasteiger partial charge in [-0.15, -0.1) is 0 Å². The largest absolute Gasteiger partial charge is 0.487 e. The molecule has 1 atom stereocenters. The SMILES string of the molecule is Cc1nc(C)c(CC(=O)N[C@@H]2CC3(CCCC3)Oc3ccccc32)c(=O)[nH]1. The summed E-state index contributed by atoms with van der Waals surface area (Å²) in [4.78, 5) is 31.9. The molecule has 6 heteroatoms. The second-order valence-corrected chi connectivity index (χ2v) is 7.75. The number of aromatic nitrogens is 2. The second-order valence-electron chi connectivity index (χ2n) is 7.75. The summed E-state index contributed by atoms with van der Waals surface area (Å²) in [5.41, 5.74) is 1.62. The van der Waals surface area contributed by atoms with Crippen molar-refractivity contribution in [1.82, 2.24) is 15.3 Å². The molecule has 1 aliphatic carbocycles. The van der Waals surface area contributed by atoms with E-state index in [0.29, 0.717) is 17.1 Å². The van der Waals surface area contributed by atoms with Gasteiger partial charge < -0.3 is 15.0 Å². The minimum atomic E-state index is -0.241. The Hall–Kier alpha value is -2.63. The molecule has 1 amide bonds. The summed E-state index contributed by atoms with van der Waals surface area (Å²) in [7, 11) is 0. The van der Waals surface area contributed by atoms with E-state index in [-0.39, 0.29) is 29.5 Å². The molecule has 27 heavy (non-hydrogen) atoms. The quantitative estimate of drug-likeness (QED) is 0.874. The topological polar surface area (TPSA) is 84.1 Å². The number of para-hydroxylation sites is 1. The van der Waals surface area contributed by atoms with Crippen molar-refractivity contribution in [3.05, 3.63) is 57.3 Å². The third kappa shape index (κ3) is 3.48. The van der Waals surface area contributed by atoms with Crippen LogP contribution in [0.3, 0.4) is 0 Å². The van der Waals surface area contributed by atoms with Gasteiger partial charge in [0, 0.05) is 23.2 Å². The first kappa shape index (κ1) is 17.8. The molecule has 4 rings (SSSR count). The summed E-state index contributed by atoms with van der Waals surface area (Å²) in [6.45, 7) is 3.50. The lowest BCUT2D eigenvalue weighted by Gasteiger charge is -2.40. The number of carbonyl (C=O) groups is 1. The van der Waals surface area contributed by atoms with Gasteiger partial charge in [-0.25, -0.2) is 4.98 Å². The van der Waals surface area contributed by atoms with Crippen LogP contribution in [-0.2, 0) is 11.2 Å². The summed E-state index contributed by atoms with van der Waals surface area (Å²) >= 11 is 0.